The fourth-order valence-corrected chi connectivity index (χ4v) is 1.55. The fourth-order valence-electron chi connectivity index (χ4n) is 1.55. The van der Waals surface area contributed by atoms with Crippen LogP contribution < -0.4 is 11.2 Å². The molecule has 0 spiro atoms. The van der Waals surface area contributed by atoms with Crippen molar-refractivity contribution in [2.24, 2.45) is 24.3 Å². The summed E-state index contributed by atoms with van der Waals surface area (Å²) in [6, 6.07) is 0. The van der Waals surface area contributed by atoms with Gasteiger partial charge in [0, 0.05) is 14.1 Å². The van der Waals surface area contributed by atoms with E-state index in [1.807, 2.05) is 0 Å². The molecule has 0 unspecified atom stereocenters. The number of aromatic amines is 1. The SMILES string of the molecule is [C-]#[N+]c1nc(N=Nc2c(O)n(C)c(=O)n(C)c2=O)[nH]c1[N+]#[C-]. The number of aromatic nitrogens is 4. The molecule has 0 saturated heterocycles. The Morgan fingerprint density at radius 3 is 2.41 bits per heavy atom. The highest BCUT2D eigenvalue weighted by molar-refractivity contribution is 5.64. The lowest BCUT2D eigenvalue weighted by Crippen LogP contribution is -2.36. The molecule has 2 aromatic rings. The molecule has 110 valence electrons. The van der Waals surface area contributed by atoms with E-state index in [-0.39, 0.29) is 17.6 Å². The first-order chi connectivity index (χ1) is 10.4. The number of azo groups is 1. The van der Waals surface area contributed by atoms with Gasteiger partial charge in [-0.3, -0.25) is 18.9 Å². The topological polar surface area (TPSA) is 126 Å². The molecule has 2 rings (SSSR count). The van der Waals surface area contributed by atoms with E-state index in [1.54, 1.807) is 0 Å². The van der Waals surface area contributed by atoms with Crippen LogP contribution in [0.5, 0.6) is 5.88 Å². The lowest BCUT2D eigenvalue weighted by molar-refractivity contribution is 0.413. The fraction of sp³-hybridized carbons (Fsp3) is 0.182. The molecule has 0 bridgehead atoms. The zero-order valence-electron chi connectivity index (χ0n) is 11.4. The van der Waals surface area contributed by atoms with Crippen LogP contribution in [-0.2, 0) is 14.1 Å². The van der Waals surface area contributed by atoms with Gasteiger partial charge in [0.1, 0.15) is 0 Å². The van der Waals surface area contributed by atoms with Crippen LogP contribution in [0.25, 0.3) is 9.69 Å². The second-order valence-corrected chi connectivity index (χ2v) is 4.03. The minimum absolute atomic E-state index is 0.110. The summed E-state index contributed by atoms with van der Waals surface area (Å²) in [5.41, 5.74) is -2.02. The lowest BCUT2D eigenvalue weighted by Gasteiger charge is -2.05. The van der Waals surface area contributed by atoms with E-state index >= 15 is 0 Å². The van der Waals surface area contributed by atoms with Crippen LogP contribution in [0.15, 0.2) is 19.8 Å². The first-order valence-corrected chi connectivity index (χ1v) is 5.66. The van der Waals surface area contributed by atoms with Gasteiger partial charge in [0.15, 0.2) is 0 Å². The van der Waals surface area contributed by atoms with E-state index in [4.69, 9.17) is 13.1 Å². The Morgan fingerprint density at radius 2 is 1.86 bits per heavy atom. The standard InChI is InChI=1S/C11H8N8O3/c1-12-6-7(13-2)15-10(14-6)17-16-5-8(20)18(3)11(22)19(4)9(5)21/h20H,3-4H3,(H,14,15). The average molecular weight is 300 g/mol. The highest BCUT2D eigenvalue weighted by Crippen LogP contribution is 2.29. The van der Waals surface area contributed by atoms with Gasteiger partial charge in [-0.05, 0) is 0 Å². The molecule has 2 aromatic heterocycles. The smallest absolute Gasteiger partial charge is 0.414 e. The number of H-pyrrole nitrogens is 1. The van der Waals surface area contributed by atoms with Gasteiger partial charge in [0.05, 0.1) is 0 Å². The molecular weight excluding hydrogens is 292 g/mol. The Labute approximate surface area is 122 Å². The maximum atomic E-state index is 11.9. The number of aromatic hydroxyl groups is 1. The Kier molecular flexibility index (Phi) is 3.56. The molecule has 0 fully saturated rings. The summed E-state index contributed by atoms with van der Waals surface area (Å²) >= 11 is 0. The molecule has 0 aliphatic rings. The highest BCUT2D eigenvalue weighted by atomic mass is 16.3. The number of imidazole rings is 1. The van der Waals surface area contributed by atoms with Crippen molar-refractivity contribution in [3.63, 3.8) is 0 Å². The summed E-state index contributed by atoms with van der Waals surface area (Å²) in [4.78, 5) is 35.6. The van der Waals surface area contributed by atoms with Crippen molar-refractivity contribution >= 4 is 23.3 Å². The van der Waals surface area contributed by atoms with Gasteiger partial charge in [-0.25, -0.2) is 4.79 Å². The second kappa shape index (κ2) is 5.34. The third-order valence-electron chi connectivity index (χ3n) is 2.73. The maximum Gasteiger partial charge on any atom is 0.414 e. The van der Waals surface area contributed by atoms with Crippen LogP contribution in [0, 0.1) is 13.1 Å². The van der Waals surface area contributed by atoms with Crippen molar-refractivity contribution in [1.29, 1.82) is 0 Å². The van der Waals surface area contributed by atoms with Crippen LogP contribution in [0.3, 0.4) is 0 Å². The summed E-state index contributed by atoms with van der Waals surface area (Å²) in [5, 5.41) is 16.9. The first-order valence-electron chi connectivity index (χ1n) is 5.66. The first kappa shape index (κ1) is 14.7. The Morgan fingerprint density at radius 1 is 1.18 bits per heavy atom. The van der Waals surface area contributed by atoms with Crippen LogP contribution in [0.2, 0.25) is 0 Å². The molecule has 0 aliphatic carbocycles. The zero-order chi connectivity index (χ0) is 16.4. The van der Waals surface area contributed by atoms with Gasteiger partial charge in [-0.2, -0.15) is 0 Å². The van der Waals surface area contributed by atoms with E-state index in [0.717, 1.165) is 9.13 Å². The summed E-state index contributed by atoms with van der Waals surface area (Å²) in [7, 11) is 2.49. The largest absolute Gasteiger partial charge is 0.493 e. The molecule has 0 aromatic carbocycles. The van der Waals surface area contributed by atoms with Crippen molar-refractivity contribution in [3.05, 3.63) is 43.7 Å². The number of nitrogens with zero attached hydrogens (tertiary/aromatic N) is 7. The number of nitrogens with one attached hydrogen (secondary N) is 1. The highest BCUT2D eigenvalue weighted by Gasteiger charge is 2.17. The maximum absolute atomic E-state index is 11.9. The summed E-state index contributed by atoms with van der Waals surface area (Å²) < 4.78 is 1.58. The van der Waals surface area contributed by atoms with Gasteiger partial charge in [-0.1, -0.05) is 23.2 Å². The molecule has 11 heteroatoms. The predicted molar refractivity (Wildman–Crippen MR) is 73.9 cm³/mol. The molecule has 0 saturated carbocycles. The molecule has 22 heavy (non-hydrogen) atoms. The molecule has 0 atom stereocenters. The van der Waals surface area contributed by atoms with Gasteiger partial charge in [0.2, 0.25) is 11.6 Å². The van der Waals surface area contributed by atoms with Gasteiger partial charge in [-0.15, -0.1) is 5.11 Å². The van der Waals surface area contributed by atoms with Crippen molar-refractivity contribution in [2.75, 3.05) is 0 Å². The van der Waals surface area contributed by atoms with E-state index in [2.05, 4.69) is 29.9 Å². The molecule has 0 aliphatic heterocycles. The monoisotopic (exact) mass is 300 g/mol. The third-order valence-corrected chi connectivity index (χ3v) is 2.73. The quantitative estimate of drug-likeness (QED) is 0.634. The van der Waals surface area contributed by atoms with E-state index < -0.39 is 22.8 Å². The van der Waals surface area contributed by atoms with Crippen LogP contribution >= 0.6 is 0 Å². The van der Waals surface area contributed by atoms with Crippen LogP contribution in [0.1, 0.15) is 0 Å². The Hall–Kier alpha value is -3.73. The average Bonchev–Trinajstić information content (AvgIpc) is 2.93. The molecule has 2 heterocycles. The van der Waals surface area contributed by atoms with Crippen molar-refractivity contribution in [2.45, 2.75) is 0 Å². The van der Waals surface area contributed by atoms with Gasteiger partial charge in [0.25, 0.3) is 17.2 Å². The minimum atomic E-state index is -0.841. The summed E-state index contributed by atoms with van der Waals surface area (Å²) in [6.45, 7) is 13.7. The number of hydrogen-bond acceptors (Lipinski definition) is 6. The Balaban J connectivity index is 2.55. The lowest BCUT2D eigenvalue weighted by atomic mass is 10.5. The van der Waals surface area contributed by atoms with Crippen molar-refractivity contribution in [3.8, 4) is 5.88 Å². The molecule has 2 N–H and O–H groups in total. The number of rotatable bonds is 2. The summed E-state index contributed by atoms with van der Waals surface area (Å²) in [6.07, 6.45) is 0. The Bertz CT molecular complexity index is 947. The molecular formula is C11H8N8O3. The van der Waals surface area contributed by atoms with Gasteiger partial charge < -0.3 is 14.8 Å². The number of hydrogen-bond donors (Lipinski definition) is 2. The zero-order valence-corrected chi connectivity index (χ0v) is 11.4. The minimum Gasteiger partial charge on any atom is -0.493 e. The van der Waals surface area contributed by atoms with E-state index in [1.165, 1.54) is 14.1 Å². The summed E-state index contributed by atoms with van der Waals surface area (Å²) in [5.74, 6) is -1.12. The van der Waals surface area contributed by atoms with Crippen LogP contribution in [-0.4, -0.2) is 24.2 Å². The molecule has 0 radical (unpaired) electrons. The normalized spacial score (nSPS) is 10.5. The second-order valence-electron chi connectivity index (χ2n) is 4.03. The van der Waals surface area contributed by atoms with Crippen LogP contribution in [0.4, 0.5) is 23.3 Å². The van der Waals surface area contributed by atoms with Crippen molar-refractivity contribution in [1.82, 2.24) is 19.1 Å². The third kappa shape index (κ3) is 2.23. The van der Waals surface area contributed by atoms with Gasteiger partial charge >= 0.3 is 11.6 Å². The van der Waals surface area contributed by atoms with E-state index in [9.17, 15) is 14.7 Å². The van der Waals surface area contributed by atoms with Crippen molar-refractivity contribution < 1.29 is 5.11 Å². The predicted octanol–water partition coefficient (Wildman–Crippen LogP) is 1.03. The molecule has 11 nitrogen and oxygen atoms in total. The molecule has 0 amide bonds. The van der Waals surface area contributed by atoms with E-state index in [0.29, 0.717) is 0 Å².